The van der Waals surface area contributed by atoms with Crippen molar-refractivity contribution in [2.24, 2.45) is 5.92 Å². The Morgan fingerprint density at radius 3 is 2.36 bits per heavy atom. The van der Waals surface area contributed by atoms with E-state index < -0.39 is 0 Å². The Bertz CT molecular complexity index is 1210. The summed E-state index contributed by atoms with van der Waals surface area (Å²) in [7, 11) is 0. The third-order valence-corrected chi connectivity index (χ3v) is 9.13. The van der Waals surface area contributed by atoms with Crippen molar-refractivity contribution in [2.75, 3.05) is 26.2 Å². The van der Waals surface area contributed by atoms with E-state index in [0.29, 0.717) is 41.2 Å². The minimum absolute atomic E-state index is 0.0641. The van der Waals surface area contributed by atoms with E-state index in [1.54, 1.807) is 0 Å². The third-order valence-electron chi connectivity index (χ3n) is 8.40. The van der Waals surface area contributed by atoms with E-state index in [9.17, 15) is 9.59 Å². The summed E-state index contributed by atoms with van der Waals surface area (Å²) >= 11 is 9.72. The normalized spacial score (nSPS) is 21.7. The number of halogens is 3. The zero-order chi connectivity index (χ0) is 28.5. The molecule has 3 atom stereocenters. The van der Waals surface area contributed by atoms with Crippen LogP contribution in [0, 0.1) is 11.7 Å². The van der Waals surface area contributed by atoms with Crippen LogP contribution in [0.3, 0.4) is 0 Å². The second-order valence-electron chi connectivity index (χ2n) is 12.0. The van der Waals surface area contributed by atoms with Crippen LogP contribution in [-0.4, -0.2) is 53.3 Å². The molecule has 5 nitrogen and oxygen atoms in total. The predicted molar refractivity (Wildman–Crippen MR) is 159 cm³/mol. The summed E-state index contributed by atoms with van der Waals surface area (Å²) in [5.41, 5.74) is 2.77. The Balaban J connectivity index is 1.52. The Hall–Kier alpha value is -1.96. The molecule has 2 fully saturated rings. The van der Waals surface area contributed by atoms with Crippen molar-refractivity contribution < 1.29 is 14.0 Å². The van der Waals surface area contributed by atoms with Crippen molar-refractivity contribution in [1.82, 2.24) is 15.1 Å². The fraction of sp³-hybridized carbons (Fsp3) is 0.548. The van der Waals surface area contributed by atoms with Crippen LogP contribution in [-0.2, 0) is 9.59 Å². The SMILES string of the molecule is CC[C@H](NC(C)=O)c1cc(Cl)ccc1C1CCN(C(=O)[C@@H]2CN(C(C)(C)C)C[C@H]2c2ccc(Br)cc2F)CC1. The van der Waals surface area contributed by atoms with Gasteiger partial charge in [-0.2, -0.15) is 0 Å². The largest absolute Gasteiger partial charge is 0.350 e. The quantitative estimate of drug-likeness (QED) is 0.377. The molecule has 0 bridgehead atoms. The monoisotopic (exact) mass is 619 g/mol. The summed E-state index contributed by atoms with van der Waals surface area (Å²) in [5, 5.41) is 3.71. The summed E-state index contributed by atoms with van der Waals surface area (Å²) in [5.74, 6) is -0.403. The lowest BCUT2D eigenvalue weighted by Crippen LogP contribution is -2.44. The topological polar surface area (TPSA) is 52.7 Å². The lowest BCUT2D eigenvalue weighted by Gasteiger charge is -2.36. The molecule has 39 heavy (non-hydrogen) atoms. The zero-order valence-corrected chi connectivity index (χ0v) is 25.9. The number of rotatable bonds is 6. The van der Waals surface area contributed by atoms with Gasteiger partial charge in [-0.3, -0.25) is 14.5 Å². The molecular formula is C31H40BrClFN3O2. The third kappa shape index (κ3) is 6.86. The molecule has 0 saturated carbocycles. The number of carbonyl (C=O) groups excluding carboxylic acids is 2. The molecule has 2 aliphatic rings. The van der Waals surface area contributed by atoms with Gasteiger partial charge in [-0.1, -0.05) is 46.6 Å². The van der Waals surface area contributed by atoms with Gasteiger partial charge in [0.15, 0.2) is 0 Å². The highest BCUT2D eigenvalue weighted by Gasteiger charge is 2.44. The molecule has 2 aliphatic heterocycles. The molecule has 0 spiro atoms. The van der Waals surface area contributed by atoms with Gasteiger partial charge >= 0.3 is 0 Å². The average Bonchev–Trinajstić information content (AvgIpc) is 3.33. The maximum absolute atomic E-state index is 15.1. The summed E-state index contributed by atoms with van der Waals surface area (Å²) in [6.45, 7) is 12.6. The summed E-state index contributed by atoms with van der Waals surface area (Å²) < 4.78 is 15.8. The second kappa shape index (κ2) is 12.3. The van der Waals surface area contributed by atoms with Gasteiger partial charge in [-0.25, -0.2) is 4.39 Å². The van der Waals surface area contributed by atoms with Crippen LogP contribution in [0.15, 0.2) is 40.9 Å². The van der Waals surface area contributed by atoms with Crippen molar-refractivity contribution in [2.45, 2.75) is 77.3 Å². The summed E-state index contributed by atoms with van der Waals surface area (Å²) in [4.78, 5) is 30.1. The Morgan fingerprint density at radius 2 is 1.77 bits per heavy atom. The van der Waals surface area contributed by atoms with Crippen molar-refractivity contribution >= 4 is 39.3 Å². The number of nitrogens with zero attached hydrogens (tertiary/aromatic N) is 2. The molecule has 212 valence electrons. The van der Waals surface area contributed by atoms with Gasteiger partial charge < -0.3 is 10.2 Å². The van der Waals surface area contributed by atoms with E-state index in [2.05, 4.69) is 59.9 Å². The maximum Gasteiger partial charge on any atom is 0.227 e. The van der Waals surface area contributed by atoms with E-state index in [0.717, 1.165) is 24.8 Å². The van der Waals surface area contributed by atoms with Gasteiger partial charge in [0.05, 0.1) is 12.0 Å². The van der Waals surface area contributed by atoms with Gasteiger partial charge in [0.2, 0.25) is 11.8 Å². The Kier molecular flexibility index (Phi) is 9.45. The van der Waals surface area contributed by atoms with E-state index >= 15 is 4.39 Å². The van der Waals surface area contributed by atoms with Crippen LogP contribution < -0.4 is 5.32 Å². The van der Waals surface area contributed by atoms with Crippen molar-refractivity contribution in [3.05, 3.63) is 68.4 Å². The molecule has 2 saturated heterocycles. The number of benzene rings is 2. The van der Waals surface area contributed by atoms with E-state index in [-0.39, 0.29) is 47.0 Å². The zero-order valence-electron chi connectivity index (χ0n) is 23.6. The fourth-order valence-corrected chi connectivity index (χ4v) is 6.74. The van der Waals surface area contributed by atoms with Gasteiger partial charge in [-0.15, -0.1) is 0 Å². The molecule has 2 heterocycles. The molecule has 0 aliphatic carbocycles. The second-order valence-corrected chi connectivity index (χ2v) is 13.3. The molecule has 2 aromatic rings. The lowest BCUT2D eigenvalue weighted by molar-refractivity contribution is -0.136. The molecular weight excluding hydrogens is 581 g/mol. The predicted octanol–water partition coefficient (Wildman–Crippen LogP) is 7.05. The minimum Gasteiger partial charge on any atom is -0.350 e. The number of carbonyl (C=O) groups is 2. The highest BCUT2D eigenvalue weighted by atomic mass is 79.9. The summed E-state index contributed by atoms with van der Waals surface area (Å²) in [6, 6.07) is 11.0. The number of amides is 2. The Morgan fingerprint density at radius 1 is 1.10 bits per heavy atom. The van der Waals surface area contributed by atoms with Gasteiger partial charge in [0.25, 0.3) is 0 Å². The van der Waals surface area contributed by atoms with Crippen LogP contribution in [0.5, 0.6) is 0 Å². The molecule has 1 N–H and O–H groups in total. The molecule has 0 aromatic heterocycles. The van der Waals surface area contributed by atoms with Crippen LogP contribution in [0.2, 0.25) is 5.02 Å². The molecule has 0 unspecified atom stereocenters. The molecule has 4 rings (SSSR count). The van der Waals surface area contributed by atoms with Crippen molar-refractivity contribution in [3.63, 3.8) is 0 Å². The smallest absolute Gasteiger partial charge is 0.227 e. The number of piperidine rings is 1. The van der Waals surface area contributed by atoms with Crippen LogP contribution >= 0.6 is 27.5 Å². The van der Waals surface area contributed by atoms with Gasteiger partial charge in [0.1, 0.15) is 5.82 Å². The minimum atomic E-state index is -0.285. The first-order valence-corrected chi connectivity index (χ1v) is 15.1. The number of hydrogen-bond donors (Lipinski definition) is 1. The molecule has 2 aromatic carbocycles. The van der Waals surface area contributed by atoms with Crippen LogP contribution in [0.4, 0.5) is 4.39 Å². The number of nitrogens with one attached hydrogen (secondary N) is 1. The summed E-state index contributed by atoms with van der Waals surface area (Å²) in [6.07, 6.45) is 2.44. The number of likely N-dealkylation sites (tertiary alicyclic amines) is 2. The first kappa shape index (κ1) is 30.0. The van der Waals surface area contributed by atoms with Crippen LogP contribution in [0.1, 0.15) is 88.4 Å². The molecule has 0 radical (unpaired) electrons. The van der Waals surface area contributed by atoms with Gasteiger partial charge in [0, 0.05) is 54.1 Å². The molecule has 8 heteroatoms. The molecule has 2 amide bonds. The lowest BCUT2D eigenvalue weighted by atomic mass is 9.83. The average molecular weight is 621 g/mol. The standard InChI is InChI=1S/C31H40BrClFN3O2/c1-6-29(35-19(2)38)25-16-22(33)8-10-23(25)20-11-13-36(14-12-20)30(39)27-18-37(31(3,4)5)17-26(27)24-9-7-21(32)15-28(24)34/h7-10,15-16,20,26-27,29H,6,11-14,17-18H2,1-5H3,(H,35,38)/t26-,27+,29-/m0/s1. The first-order chi connectivity index (χ1) is 18.4. The van der Waals surface area contributed by atoms with Crippen molar-refractivity contribution in [3.8, 4) is 0 Å². The van der Waals surface area contributed by atoms with E-state index in [1.807, 2.05) is 29.2 Å². The highest BCUT2D eigenvalue weighted by molar-refractivity contribution is 9.10. The first-order valence-electron chi connectivity index (χ1n) is 13.9. The van der Waals surface area contributed by atoms with Gasteiger partial charge in [-0.05, 0) is 86.9 Å². The maximum atomic E-state index is 15.1. The van der Waals surface area contributed by atoms with E-state index in [1.165, 1.54) is 18.6 Å². The van der Waals surface area contributed by atoms with Crippen LogP contribution in [0.25, 0.3) is 0 Å². The highest BCUT2D eigenvalue weighted by Crippen LogP contribution is 2.41. The Labute approximate surface area is 245 Å². The number of hydrogen-bond acceptors (Lipinski definition) is 3. The van der Waals surface area contributed by atoms with Crippen molar-refractivity contribution in [1.29, 1.82) is 0 Å². The van der Waals surface area contributed by atoms with E-state index in [4.69, 9.17) is 11.6 Å². The fourth-order valence-electron chi connectivity index (χ4n) is 6.23.